The van der Waals surface area contributed by atoms with E-state index in [1.165, 1.54) is 7.11 Å². The summed E-state index contributed by atoms with van der Waals surface area (Å²) < 4.78 is 4.61. The molecule has 0 unspecified atom stereocenters. The summed E-state index contributed by atoms with van der Waals surface area (Å²) >= 11 is 0. The molecule has 0 amide bonds. The number of anilines is 1. The van der Waals surface area contributed by atoms with Crippen LogP contribution in [0.1, 0.15) is 18.9 Å². The standard InChI is InChI=1S/C12H18N2O2/c1-4-14(8-7-12(15)16-3)11-6-5-10(2)9-13-11/h5-6,9H,4,7-8H2,1-3H3. The summed E-state index contributed by atoms with van der Waals surface area (Å²) in [6.45, 7) is 5.51. The van der Waals surface area contributed by atoms with Gasteiger partial charge in [0, 0.05) is 19.3 Å². The second-order valence-corrected chi connectivity index (χ2v) is 3.60. The molecule has 16 heavy (non-hydrogen) atoms. The highest BCUT2D eigenvalue weighted by Crippen LogP contribution is 2.11. The molecule has 0 atom stereocenters. The Morgan fingerprint density at radius 1 is 1.50 bits per heavy atom. The van der Waals surface area contributed by atoms with E-state index in [1.807, 2.05) is 32.2 Å². The molecule has 0 fully saturated rings. The van der Waals surface area contributed by atoms with E-state index in [1.54, 1.807) is 0 Å². The number of carbonyl (C=O) groups is 1. The van der Waals surface area contributed by atoms with Crippen LogP contribution in [0.3, 0.4) is 0 Å². The fourth-order valence-electron chi connectivity index (χ4n) is 1.41. The lowest BCUT2D eigenvalue weighted by atomic mass is 10.3. The first kappa shape index (κ1) is 12.5. The van der Waals surface area contributed by atoms with Crippen molar-refractivity contribution in [3.05, 3.63) is 23.9 Å². The van der Waals surface area contributed by atoms with Gasteiger partial charge in [0.05, 0.1) is 13.5 Å². The van der Waals surface area contributed by atoms with Crippen LogP contribution in [0.4, 0.5) is 5.82 Å². The van der Waals surface area contributed by atoms with Gasteiger partial charge < -0.3 is 9.64 Å². The lowest BCUT2D eigenvalue weighted by Crippen LogP contribution is -2.26. The van der Waals surface area contributed by atoms with Crippen molar-refractivity contribution in [1.29, 1.82) is 0 Å². The third-order valence-corrected chi connectivity index (χ3v) is 2.41. The van der Waals surface area contributed by atoms with Crippen LogP contribution in [0, 0.1) is 6.92 Å². The maximum absolute atomic E-state index is 11.0. The minimum Gasteiger partial charge on any atom is -0.469 e. The van der Waals surface area contributed by atoms with E-state index in [4.69, 9.17) is 0 Å². The quantitative estimate of drug-likeness (QED) is 0.712. The molecule has 0 aliphatic rings. The summed E-state index contributed by atoms with van der Waals surface area (Å²) in [5.74, 6) is 0.711. The maximum Gasteiger partial charge on any atom is 0.307 e. The van der Waals surface area contributed by atoms with E-state index < -0.39 is 0 Å². The largest absolute Gasteiger partial charge is 0.469 e. The van der Waals surface area contributed by atoms with Crippen molar-refractivity contribution in [1.82, 2.24) is 4.98 Å². The Morgan fingerprint density at radius 2 is 2.25 bits per heavy atom. The van der Waals surface area contributed by atoms with Crippen molar-refractivity contribution in [3.8, 4) is 0 Å². The van der Waals surface area contributed by atoms with E-state index in [0.717, 1.165) is 17.9 Å². The molecule has 0 bridgehead atoms. The number of ether oxygens (including phenoxy) is 1. The molecule has 1 aromatic rings. The summed E-state index contributed by atoms with van der Waals surface area (Å²) in [4.78, 5) is 17.4. The van der Waals surface area contributed by atoms with Crippen LogP contribution in [0.2, 0.25) is 0 Å². The third-order valence-electron chi connectivity index (χ3n) is 2.41. The molecular formula is C12H18N2O2. The molecule has 0 saturated carbocycles. The van der Waals surface area contributed by atoms with Gasteiger partial charge in [0.15, 0.2) is 0 Å². The Kier molecular flexibility index (Phi) is 4.76. The van der Waals surface area contributed by atoms with E-state index in [-0.39, 0.29) is 5.97 Å². The van der Waals surface area contributed by atoms with E-state index in [2.05, 4.69) is 14.6 Å². The van der Waals surface area contributed by atoms with Crippen molar-refractivity contribution in [2.24, 2.45) is 0 Å². The van der Waals surface area contributed by atoms with Gasteiger partial charge in [-0.05, 0) is 25.5 Å². The molecule has 0 aromatic carbocycles. The highest BCUT2D eigenvalue weighted by molar-refractivity contribution is 5.69. The average Bonchev–Trinajstić information content (AvgIpc) is 2.31. The van der Waals surface area contributed by atoms with Gasteiger partial charge in [-0.1, -0.05) is 6.07 Å². The van der Waals surface area contributed by atoms with Gasteiger partial charge >= 0.3 is 5.97 Å². The lowest BCUT2D eigenvalue weighted by Gasteiger charge is -2.21. The zero-order valence-corrected chi connectivity index (χ0v) is 10.1. The maximum atomic E-state index is 11.0. The fraction of sp³-hybridized carbons (Fsp3) is 0.500. The first-order valence-electron chi connectivity index (χ1n) is 5.41. The summed E-state index contributed by atoms with van der Waals surface area (Å²) in [6.07, 6.45) is 2.22. The van der Waals surface area contributed by atoms with Gasteiger partial charge in [-0.3, -0.25) is 4.79 Å². The van der Waals surface area contributed by atoms with Gasteiger partial charge in [0.25, 0.3) is 0 Å². The SMILES string of the molecule is CCN(CCC(=O)OC)c1ccc(C)cn1. The first-order chi connectivity index (χ1) is 7.67. The number of aromatic nitrogens is 1. The molecule has 0 saturated heterocycles. The predicted molar refractivity (Wildman–Crippen MR) is 63.5 cm³/mol. The van der Waals surface area contributed by atoms with Crippen LogP contribution in [0.5, 0.6) is 0 Å². The van der Waals surface area contributed by atoms with Gasteiger partial charge in [-0.25, -0.2) is 4.98 Å². The Hall–Kier alpha value is -1.58. The smallest absolute Gasteiger partial charge is 0.307 e. The Labute approximate surface area is 96.2 Å². The molecule has 1 rings (SSSR count). The van der Waals surface area contributed by atoms with Crippen LogP contribution in [-0.4, -0.2) is 31.2 Å². The Morgan fingerprint density at radius 3 is 2.75 bits per heavy atom. The molecule has 0 spiro atoms. The van der Waals surface area contributed by atoms with Gasteiger partial charge in [0.1, 0.15) is 5.82 Å². The molecular weight excluding hydrogens is 204 g/mol. The lowest BCUT2D eigenvalue weighted by molar-refractivity contribution is -0.140. The number of hydrogen-bond donors (Lipinski definition) is 0. The number of esters is 1. The number of methoxy groups -OCH3 is 1. The van der Waals surface area contributed by atoms with Crippen LogP contribution >= 0.6 is 0 Å². The van der Waals surface area contributed by atoms with E-state index >= 15 is 0 Å². The van der Waals surface area contributed by atoms with Crippen LogP contribution in [0.25, 0.3) is 0 Å². The van der Waals surface area contributed by atoms with Gasteiger partial charge in [-0.15, -0.1) is 0 Å². The highest BCUT2D eigenvalue weighted by atomic mass is 16.5. The van der Waals surface area contributed by atoms with Crippen molar-refractivity contribution >= 4 is 11.8 Å². The molecule has 0 radical (unpaired) electrons. The van der Waals surface area contributed by atoms with Crippen LogP contribution < -0.4 is 4.90 Å². The Balaban J connectivity index is 2.60. The van der Waals surface area contributed by atoms with Crippen molar-refractivity contribution < 1.29 is 9.53 Å². The van der Waals surface area contributed by atoms with Crippen LogP contribution in [0.15, 0.2) is 18.3 Å². The topological polar surface area (TPSA) is 42.4 Å². The third kappa shape index (κ3) is 3.53. The van der Waals surface area contributed by atoms with E-state index in [9.17, 15) is 4.79 Å². The van der Waals surface area contributed by atoms with Crippen molar-refractivity contribution in [2.45, 2.75) is 20.3 Å². The van der Waals surface area contributed by atoms with Crippen molar-refractivity contribution in [2.75, 3.05) is 25.1 Å². The normalized spacial score (nSPS) is 9.94. The summed E-state index contributed by atoms with van der Waals surface area (Å²) in [5, 5.41) is 0. The molecule has 1 aromatic heterocycles. The minimum absolute atomic E-state index is 0.189. The summed E-state index contributed by atoms with van der Waals surface area (Å²) in [6, 6.07) is 3.99. The first-order valence-corrected chi connectivity index (χ1v) is 5.41. The average molecular weight is 222 g/mol. The van der Waals surface area contributed by atoms with Crippen molar-refractivity contribution in [3.63, 3.8) is 0 Å². The molecule has 0 aliphatic heterocycles. The number of carbonyl (C=O) groups excluding carboxylic acids is 1. The number of hydrogen-bond acceptors (Lipinski definition) is 4. The molecule has 0 aliphatic carbocycles. The summed E-state index contributed by atoms with van der Waals surface area (Å²) in [5.41, 5.74) is 1.13. The van der Waals surface area contributed by atoms with Crippen LogP contribution in [-0.2, 0) is 9.53 Å². The molecule has 4 heteroatoms. The molecule has 4 nitrogen and oxygen atoms in total. The second kappa shape index (κ2) is 6.10. The monoisotopic (exact) mass is 222 g/mol. The van der Waals surface area contributed by atoms with Gasteiger partial charge in [-0.2, -0.15) is 0 Å². The summed E-state index contributed by atoms with van der Waals surface area (Å²) in [7, 11) is 1.41. The number of rotatable bonds is 5. The number of aryl methyl sites for hydroxylation is 1. The predicted octanol–water partition coefficient (Wildman–Crippen LogP) is 1.78. The van der Waals surface area contributed by atoms with E-state index in [0.29, 0.717) is 13.0 Å². The highest BCUT2D eigenvalue weighted by Gasteiger charge is 2.08. The zero-order chi connectivity index (χ0) is 12.0. The second-order valence-electron chi connectivity index (χ2n) is 3.60. The fourth-order valence-corrected chi connectivity index (χ4v) is 1.41. The van der Waals surface area contributed by atoms with Gasteiger partial charge in [0.2, 0.25) is 0 Å². The zero-order valence-electron chi connectivity index (χ0n) is 10.1. The molecule has 0 N–H and O–H groups in total. The molecule has 88 valence electrons. The number of nitrogens with zero attached hydrogens (tertiary/aromatic N) is 2. The Bertz CT molecular complexity index is 335. The molecule has 1 heterocycles. The minimum atomic E-state index is -0.189. The number of pyridine rings is 1.